The van der Waals surface area contributed by atoms with Crippen LogP contribution in [0.2, 0.25) is 5.02 Å². The molecule has 16 heavy (non-hydrogen) atoms. The van der Waals surface area contributed by atoms with Crippen LogP contribution in [-0.4, -0.2) is 31.9 Å². The zero-order valence-electron chi connectivity index (χ0n) is 9.32. The molecule has 1 aliphatic rings. The minimum atomic E-state index is 0.148. The van der Waals surface area contributed by atoms with Crippen molar-refractivity contribution in [2.75, 3.05) is 31.7 Å². The van der Waals surface area contributed by atoms with Gasteiger partial charge < -0.3 is 14.7 Å². The van der Waals surface area contributed by atoms with Crippen molar-refractivity contribution in [3.8, 4) is 5.75 Å². The van der Waals surface area contributed by atoms with Gasteiger partial charge in [-0.25, -0.2) is 0 Å². The van der Waals surface area contributed by atoms with Gasteiger partial charge in [-0.3, -0.25) is 0 Å². The molecule has 1 aliphatic heterocycles. The molecule has 0 bridgehead atoms. The monoisotopic (exact) mass is 241 g/mol. The maximum absolute atomic E-state index is 9.55. The van der Waals surface area contributed by atoms with Gasteiger partial charge in [-0.1, -0.05) is 17.7 Å². The van der Waals surface area contributed by atoms with Crippen molar-refractivity contribution in [3.63, 3.8) is 0 Å². The number of methoxy groups -OCH3 is 1. The second kappa shape index (κ2) is 4.93. The van der Waals surface area contributed by atoms with E-state index in [1.54, 1.807) is 13.2 Å². The van der Waals surface area contributed by atoms with Gasteiger partial charge in [0.2, 0.25) is 0 Å². The Morgan fingerprint density at radius 2 is 2.38 bits per heavy atom. The first-order valence-electron chi connectivity index (χ1n) is 5.43. The summed E-state index contributed by atoms with van der Waals surface area (Å²) in [6.07, 6.45) is 1.11. The van der Waals surface area contributed by atoms with Crippen LogP contribution in [0.1, 0.15) is 6.42 Å². The lowest BCUT2D eigenvalue weighted by molar-refractivity contribution is 0.161. The highest BCUT2D eigenvalue weighted by Gasteiger charge is 2.24. The summed E-state index contributed by atoms with van der Waals surface area (Å²) >= 11 is 6.08. The minimum absolute atomic E-state index is 0.148. The first kappa shape index (κ1) is 11.6. The Bertz CT molecular complexity index is 370. The van der Waals surface area contributed by atoms with E-state index in [1.165, 1.54) is 0 Å². The molecule has 0 spiro atoms. The lowest BCUT2D eigenvalue weighted by atomic mass is 10.1. The highest BCUT2D eigenvalue weighted by atomic mass is 35.5. The van der Waals surface area contributed by atoms with E-state index in [4.69, 9.17) is 16.3 Å². The number of hydrogen-bond donors (Lipinski definition) is 1. The molecular weight excluding hydrogens is 226 g/mol. The highest BCUT2D eigenvalue weighted by Crippen LogP contribution is 2.35. The number of aromatic hydroxyl groups is 1. The van der Waals surface area contributed by atoms with Gasteiger partial charge in [-0.15, -0.1) is 0 Å². The fraction of sp³-hybridized carbons (Fsp3) is 0.500. The molecule has 0 unspecified atom stereocenters. The Morgan fingerprint density at radius 1 is 1.56 bits per heavy atom. The average Bonchev–Trinajstić information content (AvgIpc) is 2.71. The molecule has 0 aromatic heterocycles. The Morgan fingerprint density at radius 3 is 3.12 bits per heavy atom. The molecule has 0 saturated carbocycles. The number of rotatable bonds is 3. The molecule has 0 radical (unpaired) electrons. The normalized spacial score (nSPS) is 20.4. The smallest absolute Gasteiger partial charge is 0.136 e. The third-order valence-electron chi connectivity index (χ3n) is 2.99. The zero-order valence-corrected chi connectivity index (χ0v) is 10.1. The molecule has 1 saturated heterocycles. The molecule has 1 heterocycles. The largest absolute Gasteiger partial charge is 0.506 e. The molecule has 1 fully saturated rings. The third-order valence-corrected chi connectivity index (χ3v) is 3.37. The van der Waals surface area contributed by atoms with Crippen molar-refractivity contribution < 1.29 is 9.84 Å². The summed E-state index contributed by atoms with van der Waals surface area (Å²) in [5.41, 5.74) is 0.917. The average molecular weight is 242 g/mol. The second-order valence-electron chi connectivity index (χ2n) is 4.17. The van der Waals surface area contributed by atoms with Crippen LogP contribution in [0, 0.1) is 5.92 Å². The van der Waals surface area contributed by atoms with Crippen molar-refractivity contribution in [1.29, 1.82) is 0 Å². The van der Waals surface area contributed by atoms with E-state index in [0.717, 1.165) is 31.8 Å². The summed E-state index contributed by atoms with van der Waals surface area (Å²) in [6, 6.07) is 5.37. The molecule has 3 nitrogen and oxygen atoms in total. The van der Waals surface area contributed by atoms with E-state index >= 15 is 0 Å². The second-order valence-corrected chi connectivity index (χ2v) is 4.54. The summed E-state index contributed by atoms with van der Waals surface area (Å²) in [5, 5.41) is 9.99. The van der Waals surface area contributed by atoms with Crippen LogP contribution < -0.4 is 4.90 Å². The van der Waals surface area contributed by atoms with Crippen LogP contribution in [0.25, 0.3) is 0 Å². The SMILES string of the molecule is COC[C@@H]1CCN(c2cccc(O)c2Cl)C1. The molecule has 1 aromatic carbocycles. The first-order chi connectivity index (χ1) is 7.72. The van der Waals surface area contributed by atoms with Gasteiger partial charge in [-0.05, 0) is 18.6 Å². The number of halogens is 1. The zero-order chi connectivity index (χ0) is 11.5. The Hall–Kier alpha value is -0.930. The lowest BCUT2D eigenvalue weighted by Crippen LogP contribution is -2.21. The molecule has 2 rings (SSSR count). The van der Waals surface area contributed by atoms with Crippen molar-refractivity contribution in [2.45, 2.75) is 6.42 Å². The van der Waals surface area contributed by atoms with E-state index in [-0.39, 0.29) is 5.75 Å². The van der Waals surface area contributed by atoms with Gasteiger partial charge in [0.05, 0.1) is 12.3 Å². The summed E-state index contributed by atoms with van der Waals surface area (Å²) in [4.78, 5) is 2.20. The number of hydrogen-bond acceptors (Lipinski definition) is 3. The van der Waals surface area contributed by atoms with E-state index in [9.17, 15) is 5.11 Å². The summed E-state index contributed by atoms with van der Waals surface area (Å²) < 4.78 is 5.15. The van der Waals surface area contributed by atoms with Gasteiger partial charge in [0.15, 0.2) is 0 Å². The van der Waals surface area contributed by atoms with Crippen molar-refractivity contribution >= 4 is 17.3 Å². The molecule has 1 N–H and O–H groups in total. The van der Waals surface area contributed by atoms with Gasteiger partial charge in [-0.2, -0.15) is 0 Å². The quantitative estimate of drug-likeness (QED) is 0.883. The topological polar surface area (TPSA) is 32.7 Å². The predicted octanol–water partition coefficient (Wildman–Crippen LogP) is 2.52. The van der Waals surface area contributed by atoms with Crippen LogP contribution in [0.3, 0.4) is 0 Å². The maximum Gasteiger partial charge on any atom is 0.136 e. The van der Waals surface area contributed by atoms with Gasteiger partial charge in [0, 0.05) is 26.1 Å². The number of anilines is 1. The standard InChI is InChI=1S/C12H16ClNO2/c1-16-8-9-5-6-14(7-9)10-3-2-4-11(15)12(10)13/h2-4,9,15H,5-8H2,1H3/t9-/m1/s1. The Labute approximate surface area is 101 Å². The van der Waals surface area contributed by atoms with E-state index in [0.29, 0.717) is 10.9 Å². The van der Waals surface area contributed by atoms with Crippen molar-refractivity contribution in [3.05, 3.63) is 23.2 Å². The summed E-state index contributed by atoms with van der Waals surface area (Å²) in [5.74, 6) is 0.706. The van der Waals surface area contributed by atoms with Crippen LogP contribution in [0.5, 0.6) is 5.75 Å². The summed E-state index contributed by atoms with van der Waals surface area (Å²) in [6.45, 7) is 2.70. The maximum atomic E-state index is 9.55. The number of ether oxygens (including phenoxy) is 1. The van der Waals surface area contributed by atoms with Crippen LogP contribution in [-0.2, 0) is 4.74 Å². The highest BCUT2D eigenvalue weighted by molar-refractivity contribution is 6.34. The third kappa shape index (κ3) is 2.25. The molecule has 0 aliphatic carbocycles. The summed E-state index contributed by atoms with van der Waals surface area (Å²) in [7, 11) is 1.73. The molecule has 4 heteroatoms. The van der Waals surface area contributed by atoms with Crippen LogP contribution >= 0.6 is 11.6 Å². The number of phenolic OH excluding ortho intramolecular Hbond substituents is 1. The molecule has 1 aromatic rings. The Balaban J connectivity index is 2.11. The fourth-order valence-corrected chi connectivity index (χ4v) is 2.42. The minimum Gasteiger partial charge on any atom is -0.506 e. The van der Waals surface area contributed by atoms with Crippen LogP contribution in [0.4, 0.5) is 5.69 Å². The van der Waals surface area contributed by atoms with E-state index < -0.39 is 0 Å². The number of nitrogens with zero attached hydrogens (tertiary/aromatic N) is 1. The van der Waals surface area contributed by atoms with Gasteiger partial charge in [0.25, 0.3) is 0 Å². The molecule has 0 amide bonds. The Kier molecular flexibility index (Phi) is 3.56. The van der Waals surface area contributed by atoms with E-state index in [1.807, 2.05) is 12.1 Å². The molecular formula is C12H16ClNO2. The fourth-order valence-electron chi connectivity index (χ4n) is 2.18. The number of phenols is 1. The lowest BCUT2D eigenvalue weighted by Gasteiger charge is -2.20. The predicted molar refractivity (Wildman–Crippen MR) is 65.3 cm³/mol. The first-order valence-corrected chi connectivity index (χ1v) is 5.81. The van der Waals surface area contributed by atoms with Crippen molar-refractivity contribution in [1.82, 2.24) is 0 Å². The van der Waals surface area contributed by atoms with Gasteiger partial charge >= 0.3 is 0 Å². The molecule has 88 valence electrons. The molecule has 1 atom stereocenters. The van der Waals surface area contributed by atoms with E-state index in [2.05, 4.69) is 4.90 Å². The number of benzene rings is 1. The van der Waals surface area contributed by atoms with Gasteiger partial charge in [0.1, 0.15) is 10.8 Å². The van der Waals surface area contributed by atoms with Crippen molar-refractivity contribution in [2.24, 2.45) is 5.92 Å². The van der Waals surface area contributed by atoms with Crippen LogP contribution in [0.15, 0.2) is 18.2 Å².